The highest BCUT2D eigenvalue weighted by molar-refractivity contribution is 5.75. The van der Waals surface area contributed by atoms with Gasteiger partial charge in [-0.1, -0.05) is 0 Å². The number of fused-ring (bicyclic) bond motifs is 2. The molecule has 0 spiro atoms. The van der Waals surface area contributed by atoms with Gasteiger partial charge in [-0.3, -0.25) is 0 Å². The second-order valence-corrected chi connectivity index (χ2v) is 7.50. The van der Waals surface area contributed by atoms with E-state index in [0.717, 1.165) is 43.5 Å². The molecular weight excluding hydrogens is 392 g/mol. The van der Waals surface area contributed by atoms with Crippen molar-refractivity contribution < 1.29 is 8.78 Å². The van der Waals surface area contributed by atoms with Crippen molar-refractivity contribution in [2.45, 2.75) is 13.5 Å². The van der Waals surface area contributed by atoms with Gasteiger partial charge < -0.3 is 20.1 Å². The summed E-state index contributed by atoms with van der Waals surface area (Å²) in [6.45, 7) is 5.75. The van der Waals surface area contributed by atoms with E-state index in [2.05, 4.69) is 42.2 Å². The zero-order chi connectivity index (χ0) is 20.8. The average Bonchev–Trinajstić information content (AvgIpc) is 3.34. The molecule has 0 unspecified atom stereocenters. The van der Waals surface area contributed by atoms with E-state index in [1.165, 1.54) is 6.07 Å². The molecule has 0 saturated carbocycles. The number of aromatic amines is 1. The summed E-state index contributed by atoms with van der Waals surface area (Å²) < 4.78 is 29.0. The molecule has 4 heterocycles. The maximum atomic E-state index is 14.0. The summed E-state index contributed by atoms with van der Waals surface area (Å²) in [5, 5.41) is 7.56. The van der Waals surface area contributed by atoms with Crippen LogP contribution in [0.1, 0.15) is 11.4 Å². The van der Waals surface area contributed by atoms with Crippen molar-refractivity contribution >= 4 is 28.6 Å². The van der Waals surface area contributed by atoms with Gasteiger partial charge in [-0.25, -0.2) is 13.8 Å². The van der Waals surface area contributed by atoms with Gasteiger partial charge >= 0.3 is 0 Å². The van der Waals surface area contributed by atoms with Crippen molar-refractivity contribution in [3.63, 3.8) is 0 Å². The molecule has 2 N–H and O–H groups in total. The monoisotopic (exact) mass is 413 g/mol. The van der Waals surface area contributed by atoms with Gasteiger partial charge in [0.05, 0.1) is 18.3 Å². The number of aryl methyl sites for hydroxylation is 1. The number of piperazine rings is 1. The molecule has 0 amide bonds. The number of nitrogens with zero attached hydrogens (tertiary/aromatic N) is 7. The predicted octanol–water partition coefficient (Wildman–Crippen LogP) is 1.95. The van der Waals surface area contributed by atoms with Crippen LogP contribution in [-0.4, -0.2) is 67.7 Å². The third kappa shape index (κ3) is 3.20. The number of hydrogen-bond donors (Lipinski definition) is 2. The van der Waals surface area contributed by atoms with E-state index in [-0.39, 0.29) is 12.1 Å². The molecule has 0 aliphatic carbocycles. The van der Waals surface area contributed by atoms with Crippen molar-refractivity contribution in [1.29, 1.82) is 0 Å². The molecule has 1 aromatic carbocycles. The Kier molecular flexibility index (Phi) is 4.46. The number of anilines is 2. The molecule has 0 radical (unpaired) electrons. The van der Waals surface area contributed by atoms with Crippen LogP contribution in [-0.2, 0) is 6.54 Å². The summed E-state index contributed by atoms with van der Waals surface area (Å²) in [7, 11) is 2.09. The fraction of sp³-hybridized carbons (Fsp3) is 0.368. The zero-order valence-corrected chi connectivity index (χ0v) is 16.7. The van der Waals surface area contributed by atoms with Crippen molar-refractivity contribution in [1.82, 2.24) is 34.4 Å². The molecule has 156 valence electrons. The lowest BCUT2D eigenvalue weighted by Gasteiger charge is -2.32. The highest BCUT2D eigenvalue weighted by atomic mass is 19.2. The van der Waals surface area contributed by atoms with Crippen molar-refractivity contribution in [3.8, 4) is 0 Å². The maximum absolute atomic E-state index is 14.0. The lowest BCUT2D eigenvalue weighted by atomic mass is 10.3. The van der Waals surface area contributed by atoms with Gasteiger partial charge in [0.2, 0.25) is 11.9 Å². The van der Waals surface area contributed by atoms with Gasteiger partial charge in [-0.2, -0.15) is 19.6 Å². The van der Waals surface area contributed by atoms with Crippen LogP contribution in [0.25, 0.3) is 16.7 Å². The van der Waals surface area contributed by atoms with E-state index in [1.807, 2.05) is 6.92 Å². The Hall–Kier alpha value is -3.34. The first-order valence-corrected chi connectivity index (χ1v) is 9.72. The number of nitrogens with one attached hydrogen (secondary N) is 2. The average molecular weight is 413 g/mol. The number of likely N-dealkylation sites (N-methyl/N-ethyl adjacent to an activating group) is 1. The third-order valence-electron chi connectivity index (χ3n) is 5.33. The normalized spacial score (nSPS) is 15.4. The number of benzene rings is 1. The van der Waals surface area contributed by atoms with Gasteiger partial charge in [-0.15, -0.1) is 0 Å². The van der Waals surface area contributed by atoms with E-state index in [1.54, 1.807) is 10.7 Å². The van der Waals surface area contributed by atoms with Gasteiger partial charge in [0.1, 0.15) is 11.3 Å². The number of imidazole rings is 1. The lowest BCUT2D eigenvalue weighted by Crippen LogP contribution is -2.45. The lowest BCUT2D eigenvalue weighted by molar-refractivity contribution is 0.311. The number of H-pyrrole nitrogens is 1. The van der Waals surface area contributed by atoms with Crippen molar-refractivity contribution in [2.75, 3.05) is 43.4 Å². The molecule has 1 aliphatic rings. The molecule has 0 atom stereocenters. The Labute approximate surface area is 170 Å². The Balaban J connectivity index is 1.45. The Bertz CT molecular complexity index is 1220. The highest BCUT2D eigenvalue weighted by Gasteiger charge is 2.20. The summed E-state index contributed by atoms with van der Waals surface area (Å²) in [6, 6.07) is 2.55. The first-order valence-electron chi connectivity index (χ1n) is 9.72. The molecule has 9 nitrogen and oxygen atoms in total. The van der Waals surface area contributed by atoms with E-state index in [9.17, 15) is 8.78 Å². The van der Waals surface area contributed by atoms with Crippen LogP contribution in [0.15, 0.2) is 18.3 Å². The van der Waals surface area contributed by atoms with Crippen LogP contribution < -0.4 is 10.2 Å². The van der Waals surface area contributed by atoms with Crippen molar-refractivity contribution in [2.24, 2.45) is 0 Å². The minimum absolute atomic E-state index is 0.0207. The maximum Gasteiger partial charge on any atom is 0.230 e. The minimum atomic E-state index is -0.959. The second-order valence-electron chi connectivity index (χ2n) is 7.50. The molecule has 1 aliphatic heterocycles. The molecule has 0 bridgehead atoms. The first-order chi connectivity index (χ1) is 14.5. The van der Waals surface area contributed by atoms with Crippen LogP contribution in [0.2, 0.25) is 0 Å². The van der Waals surface area contributed by atoms with E-state index < -0.39 is 11.6 Å². The summed E-state index contributed by atoms with van der Waals surface area (Å²) in [6.07, 6.45) is 1.74. The molecule has 4 aromatic rings. The zero-order valence-electron chi connectivity index (χ0n) is 16.7. The molecule has 11 heteroatoms. The fourth-order valence-corrected chi connectivity index (χ4v) is 3.55. The molecule has 1 fully saturated rings. The van der Waals surface area contributed by atoms with Crippen LogP contribution in [0.4, 0.5) is 20.7 Å². The van der Waals surface area contributed by atoms with Gasteiger partial charge in [0.25, 0.3) is 0 Å². The smallest absolute Gasteiger partial charge is 0.230 e. The summed E-state index contributed by atoms with van der Waals surface area (Å²) >= 11 is 0. The molecule has 5 rings (SSSR count). The van der Waals surface area contributed by atoms with Gasteiger partial charge in [0, 0.05) is 31.7 Å². The van der Waals surface area contributed by atoms with Crippen LogP contribution in [0.5, 0.6) is 0 Å². The molecular formula is C19H21F2N9. The molecule has 1 saturated heterocycles. The number of rotatable bonds is 4. The molecule has 3 aromatic heterocycles. The van der Waals surface area contributed by atoms with Gasteiger partial charge in [-0.05, 0) is 26.1 Å². The number of halogens is 2. The Morgan fingerprint density at radius 1 is 1.10 bits per heavy atom. The van der Waals surface area contributed by atoms with Crippen LogP contribution in [0.3, 0.4) is 0 Å². The SMILES string of the molecule is Cc1cnn2c(NCc3nc4c(F)c(F)ccc4[nH]3)nc(N3CCN(C)CC3)nc12. The van der Waals surface area contributed by atoms with E-state index >= 15 is 0 Å². The highest BCUT2D eigenvalue weighted by Crippen LogP contribution is 2.21. The summed E-state index contributed by atoms with van der Waals surface area (Å²) in [4.78, 5) is 21.0. The summed E-state index contributed by atoms with van der Waals surface area (Å²) in [5.74, 6) is -0.269. The van der Waals surface area contributed by atoms with Gasteiger partial charge in [0.15, 0.2) is 17.3 Å². The van der Waals surface area contributed by atoms with Crippen molar-refractivity contribution in [3.05, 3.63) is 41.4 Å². The summed E-state index contributed by atoms with van der Waals surface area (Å²) in [5.41, 5.74) is 2.08. The minimum Gasteiger partial charge on any atom is -0.347 e. The van der Waals surface area contributed by atoms with Crippen LogP contribution >= 0.6 is 0 Å². The topological polar surface area (TPSA) is 90.3 Å². The fourth-order valence-electron chi connectivity index (χ4n) is 3.55. The van der Waals surface area contributed by atoms with Crippen LogP contribution in [0, 0.1) is 18.6 Å². The number of aromatic nitrogens is 6. The first kappa shape index (κ1) is 18.7. The van der Waals surface area contributed by atoms with E-state index in [0.29, 0.717) is 23.2 Å². The Morgan fingerprint density at radius 3 is 2.70 bits per heavy atom. The van der Waals surface area contributed by atoms with E-state index in [4.69, 9.17) is 4.98 Å². The predicted molar refractivity (Wildman–Crippen MR) is 109 cm³/mol. The largest absolute Gasteiger partial charge is 0.347 e. The Morgan fingerprint density at radius 2 is 1.90 bits per heavy atom. The second kappa shape index (κ2) is 7.17. The quantitative estimate of drug-likeness (QED) is 0.529. The third-order valence-corrected chi connectivity index (χ3v) is 5.33. The number of hydrogen-bond acceptors (Lipinski definition) is 7. The standard InChI is InChI=1S/C19H21F2N9/c1-11-9-23-30-17(11)26-19(29-7-5-28(2)6-8-29)27-18(30)22-10-14-24-13-4-3-12(20)15(21)16(13)25-14/h3-4,9H,5-8,10H2,1-2H3,(H,24,25)(H,22,26,27). The molecule has 30 heavy (non-hydrogen) atoms.